The van der Waals surface area contributed by atoms with Crippen molar-refractivity contribution in [2.24, 2.45) is 5.92 Å². The third kappa shape index (κ3) is 29.9. The van der Waals surface area contributed by atoms with Gasteiger partial charge in [-0.05, 0) is 12.8 Å². The molecule has 0 bridgehead atoms. The molecule has 2 heteroatoms. The minimum atomic E-state index is -0.556. The maximum atomic E-state index is 11.6. The van der Waals surface area contributed by atoms with Crippen molar-refractivity contribution in [1.82, 2.24) is 0 Å². The Morgan fingerprint density at radius 3 is 0.757 bits per heavy atom. The fourth-order valence-corrected chi connectivity index (χ4v) is 5.74. The predicted octanol–water partition coefficient (Wildman–Crippen LogP) is 12.8. The third-order valence-electron chi connectivity index (χ3n) is 8.41. The van der Waals surface area contributed by atoms with Crippen LogP contribution in [0.25, 0.3) is 0 Å². The molecule has 1 N–H and O–H groups in total. The van der Waals surface area contributed by atoms with E-state index in [4.69, 9.17) is 0 Å². The number of rotatable bonds is 32. The fraction of sp³-hybridized carbons (Fsp3) is 0.971. The topological polar surface area (TPSA) is 37.3 Å². The summed E-state index contributed by atoms with van der Waals surface area (Å²) < 4.78 is 0. The number of carboxylic acids is 1. The smallest absolute Gasteiger partial charge is 0.306 e. The number of carbonyl (C=O) groups is 1. The summed E-state index contributed by atoms with van der Waals surface area (Å²) in [4.78, 5) is 11.6. The third-order valence-corrected chi connectivity index (χ3v) is 8.41. The van der Waals surface area contributed by atoms with E-state index in [-0.39, 0.29) is 5.92 Å². The maximum absolute atomic E-state index is 11.6. The second kappa shape index (κ2) is 31.7. The highest BCUT2D eigenvalue weighted by atomic mass is 16.4. The van der Waals surface area contributed by atoms with Crippen molar-refractivity contribution < 1.29 is 9.90 Å². The van der Waals surface area contributed by atoms with Gasteiger partial charge in [0.1, 0.15) is 0 Å². The summed E-state index contributed by atoms with van der Waals surface area (Å²) in [6.07, 6.45) is 41.3. The van der Waals surface area contributed by atoms with Crippen molar-refractivity contribution in [2.75, 3.05) is 0 Å². The Hall–Kier alpha value is -0.530. The summed E-state index contributed by atoms with van der Waals surface area (Å²) in [7, 11) is 0. The Morgan fingerprint density at radius 2 is 0.568 bits per heavy atom. The molecule has 0 aliphatic heterocycles. The molecule has 0 saturated carbocycles. The molecule has 1 unspecified atom stereocenters. The van der Waals surface area contributed by atoms with Crippen LogP contribution in [0.15, 0.2) is 0 Å². The van der Waals surface area contributed by atoms with E-state index in [9.17, 15) is 9.90 Å². The predicted molar refractivity (Wildman–Crippen MR) is 166 cm³/mol. The Bertz CT molecular complexity index is 433. The van der Waals surface area contributed by atoms with Gasteiger partial charge in [-0.15, -0.1) is 0 Å². The fourth-order valence-electron chi connectivity index (χ4n) is 5.74. The molecule has 0 aromatic carbocycles. The molecule has 2 nitrogen and oxygen atoms in total. The minimum Gasteiger partial charge on any atom is -0.481 e. The monoisotopic (exact) mass is 523 g/mol. The van der Waals surface area contributed by atoms with Crippen LogP contribution in [0.3, 0.4) is 0 Å². The molecule has 1 atom stereocenters. The van der Waals surface area contributed by atoms with Gasteiger partial charge in [-0.3, -0.25) is 4.79 Å². The number of aliphatic carboxylic acids is 1. The Morgan fingerprint density at radius 1 is 0.378 bits per heavy atom. The van der Waals surface area contributed by atoms with E-state index in [1.54, 1.807) is 0 Å². The Labute approximate surface area is 234 Å². The number of hydrogen-bond donors (Lipinski definition) is 1. The quantitative estimate of drug-likeness (QED) is 0.0892. The van der Waals surface area contributed by atoms with E-state index >= 15 is 0 Å². The van der Waals surface area contributed by atoms with Gasteiger partial charge in [0.05, 0.1) is 5.92 Å². The highest BCUT2D eigenvalue weighted by Gasteiger charge is 2.16. The molecule has 0 amide bonds. The largest absolute Gasteiger partial charge is 0.481 e. The van der Waals surface area contributed by atoms with Crippen LogP contribution >= 0.6 is 0 Å². The van der Waals surface area contributed by atoms with Gasteiger partial charge >= 0.3 is 5.97 Å². The normalized spacial score (nSPS) is 12.3. The van der Waals surface area contributed by atoms with Gasteiger partial charge in [0.25, 0.3) is 0 Å². The van der Waals surface area contributed by atoms with E-state index < -0.39 is 5.97 Å². The average Bonchev–Trinajstić information content (AvgIpc) is 2.89. The van der Waals surface area contributed by atoms with E-state index in [1.165, 1.54) is 173 Å². The van der Waals surface area contributed by atoms with Crippen molar-refractivity contribution in [3.8, 4) is 0 Å². The lowest BCUT2D eigenvalue weighted by atomic mass is 9.94. The van der Waals surface area contributed by atoms with Gasteiger partial charge in [0.15, 0.2) is 0 Å². The molecule has 0 aromatic heterocycles. The second-order valence-electron chi connectivity index (χ2n) is 12.2. The molecule has 0 aliphatic carbocycles. The Balaban J connectivity index is 3.39. The zero-order chi connectivity index (χ0) is 27.1. The van der Waals surface area contributed by atoms with Crippen LogP contribution in [-0.4, -0.2) is 11.1 Å². The lowest BCUT2D eigenvalue weighted by Crippen LogP contribution is -2.13. The van der Waals surface area contributed by atoms with Gasteiger partial charge in [-0.25, -0.2) is 0 Å². The van der Waals surface area contributed by atoms with Crippen LogP contribution < -0.4 is 0 Å². The van der Waals surface area contributed by atoms with Crippen molar-refractivity contribution in [1.29, 1.82) is 0 Å². The number of unbranched alkanes of at least 4 members (excludes halogenated alkanes) is 27. The molecule has 0 spiro atoms. The van der Waals surface area contributed by atoms with Gasteiger partial charge in [-0.2, -0.15) is 0 Å². The van der Waals surface area contributed by atoms with Crippen molar-refractivity contribution in [3.63, 3.8) is 0 Å². The molecular weight excluding hydrogens is 452 g/mol. The van der Waals surface area contributed by atoms with Crippen molar-refractivity contribution >= 4 is 5.97 Å². The lowest BCUT2D eigenvalue weighted by Gasteiger charge is -2.12. The van der Waals surface area contributed by atoms with E-state index in [0.29, 0.717) is 0 Å². The molecule has 222 valence electrons. The van der Waals surface area contributed by atoms with Crippen LogP contribution in [0.2, 0.25) is 0 Å². The standard InChI is InChI=1S/C35H70O2/c1-3-5-7-9-11-13-15-17-19-21-23-25-27-29-31-33-34(35(36)37)32-30-28-26-24-22-20-18-16-14-12-10-8-6-4-2/h34H,3-33H2,1-2H3,(H,36,37). The van der Waals surface area contributed by atoms with Crippen LogP contribution in [0.5, 0.6) is 0 Å². The zero-order valence-electron chi connectivity index (χ0n) is 25.9. The van der Waals surface area contributed by atoms with Gasteiger partial charge in [-0.1, -0.05) is 200 Å². The second-order valence-corrected chi connectivity index (χ2v) is 12.2. The van der Waals surface area contributed by atoms with Crippen LogP contribution in [0, 0.1) is 5.92 Å². The first-order chi connectivity index (χ1) is 18.2. The highest BCUT2D eigenvalue weighted by Crippen LogP contribution is 2.20. The molecular formula is C35H70O2. The minimum absolute atomic E-state index is 0.0979. The first-order valence-corrected chi connectivity index (χ1v) is 17.4. The first kappa shape index (κ1) is 36.5. The van der Waals surface area contributed by atoms with Gasteiger partial charge in [0.2, 0.25) is 0 Å². The van der Waals surface area contributed by atoms with Gasteiger partial charge < -0.3 is 5.11 Å². The van der Waals surface area contributed by atoms with E-state index in [2.05, 4.69) is 13.8 Å². The molecule has 0 aliphatic rings. The summed E-state index contributed by atoms with van der Waals surface area (Å²) in [5.74, 6) is -0.653. The number of carboxylic acid groups (broad SMARTS) is 1. The number of hydrogen-bond acceptors (Lipinski definition) is 1. The van der Waals surface area contributed by atoms with Crippen LogP contribution in [0.4, 0.5) is 0 Å². The van der Waals surface area contributed by atoms with E-state index in [0.717, 1.165) is 25.7 Å². The first-order valence-electron chi connectivity index (χ1n) is 17.4. The SMILES string of the molecule is CCCCCCCCCCCCCCCCCC(CCCCCCCCCCCCCCCC)C(=O)O. The summed E-state index contributed by atoms with van der Waals surface area (Å²) in [5.41, 5.74) is 0. The summed E-state index contributed by atoms with van der Waals surface area (Å²) in [6.45, 7) is 4.57. The van der Waals surface area contributed by atoms with E-state index in [1.807, 2.05) is 0 Å². The lowest BCUT2D eigenvalue weighted by molar-refractivity contribution is -0.142. The summed E-state index contributed by atoms with van der Waals surface area (Å²) >= 11 is 0. The molecule has 0 fully saturated rings. The highest BCUT2D eigenvalue weighted by molar-refractivity contribution is 5.69. The molecule has 37 heavy (non-hydrogen) atoms. The molecule has 0 rings (SSSR count). The average molecular weight is 523 g/mol. The molecule has 0 aromatic rings. The summed E-state index contributed by atoms with van der Waals surface area (Å²) in [6, 6.07) is 0. The molecule has 0 saturated heterocycles. The summed E-state index contributed by atoms with van der Waals surface area (Å²) in [5, 5.41) is 9.59. The van der Waals surface area contributed by atoms with Gasteiger partial charge in [0, 0.05) is 0 Å². The van der Waals surface area contributed by atoms with Crippen LogP contribution in [-0.2, 0) is 4.79 Å². The molecule has 0 radical (unpaired) electrons. The van der Waals surface area contributed by atoms with Crippen molar-refractivity contribution in [3.05, 3.63) is 0 Å². The zero-order valence-corrected chi connectivity index (χ0v) is 25.9. The molecule has 0 heterocycles. The van der Waals surface area contributed by atoms with Crippen molar-refractivity contribution in [2.45, 2.75) is 213 Å². The maximum Gasteiger partial charge on any atom is 0.306 e. The Kier molecular flexibility index (Phi) is 31.2. The van der Waals surface area contributed by atoms with Crippen LogP contribution in [0.1, 0.15) is 213 Å².